The van der Waals surface area contributed by atoms with Gasteiger partial charge in [0.2, 0.25) is 0 Å². The van der Waals surface area contributed by atoms with E-state index < -0.39 is 13.9 Å². The van der Waals surface area contributed by atoms with Crippen LogP contribution in [0.15, 0.2) is 0 Å². The lowest BCUT2D eigenvalue weighted by atomic mass is 10.1. The van der Waals surface area contributed by atoms with Crippen molar-refractivity contribution in [3.05, 3.63) is 0 Å². The zero-order valence-electron chi connectivity index (χ0n) is 7.71. The van der Waals surface area contributed by atoms with E-state index in [2.05, 4.69) is 4.52 Å². The Bertz CT molecular complexity index is 213. The summed E-state index contributed by atoms with van der Waals surface area (Å²) >= 11 is 0. The molecule has 0 aliphatic carbocycles. The number of hydrogen-bond donors (Lipinski definition) is 2. The first-order chi connectivity index (χ1) is 5.88. The molecule has 1 fully saturated rings. The van der Waals surface area contributed by atoms with Crippen molar-refractivity contribution in [2.45, 2.75) is 45.0 Å². The van der Waals surface area contributed by atoms with Crippen LogP contribution in [0.5, 0.6) is 0 Å². The maximum Gasteiger partial charge on any atom is 0.469 e. The summed E-state index contributed by atoms with van der Waals surface area (Å²) in [6, 6.07) is 0. The maximum absolute atomic E-state index is 10.5. The Hall–Kier alpha value is 0.0700. The van der Waals surface area contributed by atoms with Crippen molar-refractivity contribution in [1.29, 1.82) is 0 Å². The van der Waals surface area contributed by atoms with E-state index in [4.69, 9.17) is 14.5 Å². The van der Waals surface area contributed by atoms with Gasteiger partial charge in [-0.3, -0.25) is 4.52 Å². The highest BCUT2D eigenvalue weighted by Crippen LogP contribution is 2.39. The molecule has 0 spiro atoms. The van der Waals surface area contributed by atoms with Gasteiger partial charge in [-0.1, -0.05) is 0 Å². The minimum atomic E-state index is -4.37. The van der Waals surface area contributed by atoms with Gasteiger partial charge in [-0.15, -0.1) is 0 Å². The molecule has 1 aliphatic rings. The Morgan fingerprint density at radius 1 is 1.54 bits per heavy atom. The second-order valence-electron chi connectivity index (χ2n) is 3.36. The van der Waals surface area contributed by atoms with Crippen LogP contribution < -0.4 is 0 Å². The highest BCUT2D eigenvalue weighted by atomic mass is 31.2. The third-order valence-electron chi connectivity index (χ3n) is 2.09. The molecule has 0 aromatic carbocycles. The second-order valence-corrected chi connectivity index (χ2v) is 4.56. The lowest BCUT2D eigenvalue weighted by Crippen LogP contribution is -2.25. The third kappa shape index (κ3) is 3.75. The Labute approximate surface area is 77.3 Å². The molecule has 1 saturated heterocycles. The zero-order chi connectivity index (χ0) is 10.1. The minimum Gasteiger partial charge on any atom is -0.373 e. The molecule has 0 radical (unpaired) electrons. The van der Waals surface area contributed by atoms with Crippen molar-refractivity contribution in [1.82, 2.24) is 0 Å². The first kappa shape index (κ1) is 11.1. The minimum absolute atomic E-state index is 0.160. The molecule has 78 valence electrons. The summed E-state index contributed by atoms with van der Waals surface area (Å²) in [5.41, 5.74) is 0. The van der Waals surface area contributed by atoms with Crippen LogP contribution in [-0.4, -0.2) is 28.1 Å². The maximum atomic E-state index is 10.5. The highest BCUT2D eigenvalue weighted by molar-refractivity contribution is 7.46. The monoisotopic (exact) mass is 210 g/mol. The van der Waals surface area contributed by atoms with Crippen LogP contribution in [0.25, 0.3) is 0 Å². The Morgan fingerprint density at radius 3 is 2.54 bits per heavy atom. The average molecular weight is 210 g/mol. The van der Waals surface area contributed by atoms with E-state index in [1.54, 1.807) is 6.92 Å². The van der Waals surface area contributed by atoms with Crippen molar-refractivity contribution in [3.63, 3.8) is 0 Å². The molecule has 0 aromatic rings. The standard InChI is InChI=1S/C7H15O5P/c1-5-3-4-7(11-5)6(2)12-13(8,9)10/h5-7H,3-4H2,1-2H3,(H2,8,9,10)/t5-,6+,7-/m0/s1. The molecular formula is C7H15O5P. The van der Waals surface area contributed by atoms with Crippen LogP contribution in [0.2, 0.25) is 0 Å². The molecule has 13 heavy (non-hydrogen) atoms. The van der Waals surface area contributed by atoms with Crippen LogP contribution in [0, 0.1) is 0 Å². The van der Waals surface area contributed by atoms with Crippen molar-refractivity contribution in [3.8, 4) is 0 Å². The van der Waals surface area contributed by atoms with Crippen LogP contribution in [0.1, 0.15) is 26.7 Å². The molecular weight excluding hydrogens is 195 g/mol. The van der Waals surface area contributed by atoms with Gasteiger partial charge in [0.25, 0.3) is 0 Å². The molecule has 6 heteroatoms. The van der Waals surface area contributed by atoms with E-state index in [1.165, 1.54) is 0 Å². The van der Waals surface area contributed by atoms with Crippen molar-refractivity contribution in [2.75, 3.05) is 0 Å². The fraction of sp³-hybridized carbons (Fsp3) is 1.00. The summed E-state index contributed by atoms with van der Waals surface area (Å²) < 4.78 is 20.4. The SMILES string of the molecule is C[C@H]1CC[C@@H]([C@@H](C)OP(=O)(O)O)O1. The molecule has 1 heterocycles. The van der Waals surface area contributed by atoms with Gasteiger partial charge < -0.3 is 14.5 Å². The second kappa shape index (κ2) is 4.07. The Morgan fingerprint density at radius 2 is 2.15 bits per heavy atom. The Balaban J connectivity index is 2.40. The third-order valence-corrected chi connectivity index (χ3v) is 2.70. The molecule has 0 saturated carbocycles. The number of phosphoric acid groups is 1. The zero-order valence-corrected chi connectivity index (χ0v) is 8.61. The number of hydrogen-bond acceptors (Lipinski definition) is 3. The van der Waals surface area contributed by atoms with Crippen LogP contribution in [0.4, 0.5) is 0 Å². The molecule has 5 nitrogen and oxygen atoms in total. The largest absolute Gasteiger partial charge is 0.469 e. The predicted molar refractivity (Wildman–Crippen MR) is 46.2 cm³/mol. The van der Waals surface area contributed by atoms with Gasteiger partial charge in [0.15, 0.2) is 0 Å². The number of rotatable bonds is 3. The van der Waals surface area contributed by atoms with Gasteiger partial charge in [-0.05, 0) is 26.7 Å². The number of ether oxygens (including phenoxy) is 1. The highest BCUT2D eigenvalue weighted by Gasteiger charge is 2.31. The summed E-state index contributed by atoms with van der Waals surface area (Å²) in [4.78, 5) is 17.1. The van der Waals surface area contributed by atoms with Gasteiger partial charge in [-0.2, -0.15) is 0 Å². The lowest BCUT2D eigenvalue weighted by Gasteiger charge is -2.19. The van der Waals surface area contributed by atoms with Crippen LogP contribution in [-0.2, 0) is 13.8 Å². The van der Waals surface area contributed by atoms with Crippen LogP contribution in [0.3, 0.4) is 0 Å². The van der Waals surface area contributed by atoms with Crippen molar-refractivity contribution < 1.29 is 23.6 Å². The fourth-order valence-electron chi connectivity index (χ4n) is 1.46. The first-order valence-electron chi connectivity index (χ1n) is 4.28. The van der Waals surface area contributed by atoms with E-state index in [-0.39, 0.29) is 12.2 Å². The Kier molecular flexibility index (Phi) is 3.49. The topological polar surface area (TPSA) is 76.0 Å². The van der Waals surface area contributed by atoms with E-state index in [0.29, 0.717) is 0 Å². The van der Waals surface area contributed by atoms with Crippen molar-refractivity contribution in [2.24, 2.45) is 0 Å². The average Bonchev–Trinajstić information content (AvgIpc) is 2.31. The molecule has 0 aromatic heterocycles. The quantitative estimate of drug-likeness (QED) is 0.681. The van der Waals surface area contributed by atoms with Gasteiger partial charge in [-0.25, -0.2) is 4.57 Å². The molecule has 0 unspecified atom stereocenters. The van der Waals surface area contributed by atoms with Gasteiger partial charge in [0.05, 0.1) is 18.3 Å². The van der Waals surface area contributed by atoms with Gasteiger partial charge in [0.1, 0.15) is 0 Å². The predicted octanol–water partition coefficient (Wildman–Crippen LogP) is 1.05. The van der Waals surface area contributed by atoms with E-state index in [1.807, 2.05) is 6.92 Å². The van der Waals surface area contributed by atoms with Gasteiger partial charge in [0, 0.05) is 0 Å². The smallest absolute Gasteiger partial charge is 0.373 e. The van der Waals surface area contributed by atoms with E-state index in [9.17, 15) is 4.57 Å². The summed E-state index contributed by atoms with van der Waals surface area (Å²) in [5, 5.41) is 0. The summed E-state index contributed by atoms with van der Waals surface area (Å²) in [6.45, 7) is 3.55. The van der Waals surface area contributed by atoms with E-state index >= 15 is 0 Å². The fourth-order valence-corrected chi connectivity index (χ4v) is 2.03. The van der Waals surface area contributed by atoms with Crippen LogP contribution >= 0.6 is 7.82 Å². The summed E-state index contributed by atoms with van der Waals surface area (Å²) in [6.07, 6.45) is 1.13. The first-order valence-corrected chi connectivity index (χ1v) is 5.81. The summed E-state index contributed by atoms with van der Waals surface area (Å²) in [7, 11) is -4.37. The molecule has 2 N–H and O–H groups in total. The normalized spacial score (nSPS) is 32.0. The lowest BCUT2D eigenvalue weighted by molar-refractivity contribution is -0.0198. The molecule has 3 atom stereocenters. The molecule has 0 amide bonds. The molecule has 1 aliphatic heterocycles. The molecule has 1 rings (SSSR count). The van der Waals surface area contributed by atoms with Crippen molar-refractivity contribution >= 4 is 7.82 Å². The molecule has 0 bridgehead atoms. The number of phosphoric ester groups is 1. The van der Waals surface area contributed by atoms with E-state index in [0.717, 1.165) is 12.8 Å². The van der Waals surface area contributed by atoms with Gasteiger partial charge >= 0.3 is 7.82 Å². The summed E-state index contributed by atoms with van der Waals surface area (Å²) in [5.74, 6) is 0.